The molecule has 0 bridgehead atoms. The van der Waals surface area contributed by atoms with E-state index in [1.165, 1.54) is 6.20 Å². The van der Waals surface area contributed by atoms with Crippen molar-refractivity contribution >= 4 is 5.97 Å². The summed E-state index contributed by atoms with van der Waals surface area (Å²) in [4.78, 5) is 27.7. The van der Waals surface area contributed by atoms with Crippen LogP contribution in [0.15, 0.2) is 11.0 Å². The minimum absolute atomic E-state index is 0.190. The van der Waals surface area contributed by atoms with Crippen LogP contribution in [0.4, 0.5) is 0 Å². The Morgan fingerprint density at radius 2 is 2.38 bits per heavy atom. The normalized spacial score (nSPS) is 9.92. The van der Waals surface area contributed by atoms with Gasteiger partial charge in [-0.1, -0.05) is 6.92 Å². The average Bonchev–Trinajstić information content (AvgIpc) is 2.03. The topological polar surface area (TPSA) is 83.0 Å². The van der Waals surface area contributed by atoms with Gasteiger partial charge in [0.15, 0.2) is 0 Å². The molecule has 70 valence electrons. The first-order valence-electron chi connectivity index (χ1n) is 3.92. The van der Waals surface area contributed by atoms with Crippen molar-refractivity contribution in [3.63, 3.8) is 0 Å². The molecule has 5 heteroatoms. The summed E-state index contributed by atoms with van der Waals surface area (Å²) >= 11 is 0. The average molecular weight is 182 g/mol. The Bertz CT molecular complexity index is 370. The van der Waals surface area contributed by atoms with Crippen LogP contribution < -0.4 is 5.56 Å². The largest absolute Gasteiger partial charge is 0.481 e. The molecule has 0 amide bonds. The highest BCUT2D eigenvalue weighted by Crippen LogP contribution is 1.91. The molecule has 0 fully saturated rings. The maximum absolute atomic E-state index is 11.2. The third kappa shape index (κ3) is 2.40. The molecular formula is C8H10N2O3. The molecule has 2 N–H and O–H groups in total. The van der Waals surface area contributed by atoms with Crippen LogP contribution in [0.2, 0.25) is 0 Å². The molecule has 1 aromatic rings. The zero-order valence-corrected chi connectivity index (χ0v) is 7.20. The van der Waals surface area contributed by atoms with Crippen molar-refractivity contribution in [3.05, 3.63) is 27.9 Å². The lowest BCUT2D eigenvalue weighted by Gasteiger charge is -1.97. The summed E-state index contributed by atoms with van der Waals surface area (Å²) in [5.41, 5.74) is 0.308. The molecule has 0 spiro atoms. The first-order valence-corrected chi connectivity index (χ1v) is 3.92. The van der Waals surface area contributed by atoms with Gasteiger partial charge in [-0.2, -0.15) is 0 Å². The van der Waals surface area contributed by atoms with Gasteiger partial charge in [0, 0.05) is 11.8 Å². The summed E-state index contributed by atoms with van der Waals surface area (Å²) in [5, 5.41) is 8.42. The van der Waals surface area contributed by atoms with E-state index in [2.05, 4.69) is 9.97 Å². The fraction of sp³-hybridized carbons (Fsp3) is 0.375. The van der Waals surface area contributed by atoms with Crippen molar-refractivity contribution in [3.8, 4) is 0 Å². The molecule has 0 aliphatic heterocycles. The van der Waals surface area contributed by atoms with Crippen LogP contribution in [0.25, 0.3) is 0 Å². The third-order valence-corrected chi connectivity index (χ3v) is 1.63. The van der Waals surface area contributed by atoms with E-state index in [0.29, 0.717) is 12.0 Å². The molecule has 0 aliphatic carbocycles. The Morgan fingerprint density at radius 3 is 2.85 bits per heavy atom. The van der Waals surface area contributed by atoms with E-state index in [-0.39, 0.29) is 17.8 Å². The number of aromatic nitrogens is 2. The van der Waals surface area contributed by atoms with Gasteiger partial charge in [-0.25, -0.2) is 4.98 Å². The van der Waals surface area contributed by atoms with Crippen LogP contribution in [0.1, 0.15) is 18.3 Å². The summed E-state index contributed by atoms with van der Waals surface area (Å²) in [6, 6.07) is 0. The molecule has 0 saturated carbocycles. The second-order valence-corrected chi connectivity index (χ2v) is 2.61. The Hall–Kier alpha value is -1.65. The summed E-state index contributed by atoms with van der Waals surface area (Å²) in [5.74, 6) is -0.818. The van der Waals surface area contributed by atoms with E-state index in [1.807, 2.05) is 6.92 Å². The molecule has 1 heterocycles. The monoisotopic (exact) mass is 182 g/mol. The van der Waals surface area contributed by atoms with Gasteiger partial charge in [0.1, 0.15) is 12.2 Å². The molecule has 13 heavy (non-hydrogen) atoms. The molecule has 0 radical (unpaired) electrons. The van der Waals surface area contributed by atoms with Crippen molar-refractivity contribution in [1.29, 1.82) is 0 Å². The van der Waals surface area contributed by atoms with Gasteiger partial charge >= 0.3 is 5.97 Å². The van der Waals surface area contributed by atoms with Gasteiger partial charge in [-0.15, -0.1) is 0 Å². The predicted molar refractivity (Wildman–Crippen MR) is 45.6 cm³/mol. The summed E-state index contributed by atoms with van der Waals surface area (Å²) in [6.07, 6.45) is 1.76. The minimum atomic E-state index is -1.01. The Balaban J connectivity index is 2.96. The first-order chi connectivity index (χ1) is 6.13. The maximum Gasteiger partial charge on any atom is 0.311 e. The summed E-state index contributed by atoms with van der Waals surface area (Å²) in [6.45, 7) is 1.84. The van der Waals surface area contributed by atoms with Gasteiger partial charge in [0.25, 0.3) is 5.56 Å². The molecule has 0 atom stereocenters. The van der Waals surface area contributed by atoms with Crippen LogP contribution in [0.3, 0.4) is 0 Å². The highest BCUT2D eigenvalue weighted by Gasteiger charge is 2.04. The molecule has 0 saturated heterocycles. The van der Waals surface area contributed by atoms with Crippen molar-refractivity contribution in [1.82, 2.24) is 9.97 Å². The molecule has 0 aliphatic rings. The smallest absolute Gasteiger partial charge is 0.311 e. The second-order valence-electron chi connectivity index (χ2n) is 2.61. The zero-order chi connectivity index (χ0) is 9.84. The number of carboxylic acid groups (broad SMARTS) is 1. The van der Waals surface area contributed by atoms with Crippen LogP contribution in [-0.2, 0) is 17.6 Å². The number of carbonyl (C=O) groups is 1. The van der Waals surface area contributed by atoms with E-state index in [4.69, 9.17) is 5.11 Å². The SMILES string of the molecule is CCc1cnc(CC(=O)O)[nH]c1=O. The van der Waals surface area contributed by atoms with E-state index in [0.717, 1.165) is 0 Å². The number of carboxylic acids is 1. The number of nitrogens with one attached hydrogen (secondary N) is 1. The van der Waals surface area contributed by atoms with Crippen LogP contribution in [0.5, 0.6) is 0 Å². The lowest BCUT2D eigenvalue weighted by atomic mass is 10.2. The maximum atomic E-state index is 11.2. The first kappa shape index (κ1) is 9.44. The van der Waals surface area contributed by atoms with Crippen molar-refractivity contribution < 1.29 is 9.90 Å². The van der Waals surface area contributed by atoms with E-state index in [9.17, 15) is 9.59 Å². The van der Waals surface area contributed by atoms with Crippen LogP contribution in [0, 0.1) is 0 Å². The van der Waals surface area contributed by atoms with Gasteiger partial charge in [-0.3, -0.25) is 9.59 Å². The molecular weight excluding hydrogens is 172 g/mol. The standard InChI is InChI=1S/C8H10N2O3/c1-2-5-4-9-6(3-7(11)12)10-8(5)13/h4H,2-3H2,1H3,(H,11,12)(H,9,10,13). The Morgan fingerprint density at radius 1 is 1.69 bits per heavy atom. The van der Waals surface area contributed by atoms with Crippen molar-refractivity contribution in [2.45, 2.75) is 19.8 Å². The van der Waals surface area contributed by atoms with Gasteiger partial charge < -0.3 is 10.1 Å². The van der Waals surface area contributed by atoms with E-state index < -0.39 is 5.97 Å². The van der Waals surface area contributed by atoms with Crippen LogP contribution >= 0.6 is 0 Å². The number of rotatable bonds is 3. The Kier molecular flexibility index (Phi) is 2.79. The molecule has 5 nitrogen and oxygen atoms in total. The number of aromatic amines is 1. The number of hydrogen-bond donors (Lipinski definition) is 2. The predicted octanol–water partition coefficient (Wildman–Crippen LogP) is -0.0406. The van der Waals surface area contributed by atoms with Crippen molar-refractivity contribution in [2.75, 3.05) is 0 Å². The highest BCUT2D eigenvalue weighted by molar-refractivity contribution is 5.68. The van der Waals surface area contributed by atoms with E-state index in [1.54, 1.807) is 0 Å². The number of aryl methyl sites for hydroxylation is 1. The number of H-pyrrole nitrogens is 1. The number of hydrogen-bond acceptors (Lipinski definition) is 3. The third-order valence-electron chi connectivity index (χ3n) is 1.63. The van der Waals surface area contributed by atoms with Gasteiger partial charge in [0.2, 0.25) is 0 Å². The summed E-state index contributed by atoms with van der Waals surface area (Å²) in [7, 11) is 0. The highest BCUT2D eigenvalue weighted by atomic mass is 16.4. The lowest BCUT2D eigenvalue weighted by Crippen LogP contribution is -2.17. The number of nitrogens with zero attached hydrogens (tertiary/aromatic N) is 1. The fourth-order valence-corrected chi connectivity index (χ4v) is 0.943. The molecule has 0 aromatic carbocycles. The van der Waals surface area contributed by atoms with E-state index >= 15 is 0 Å². The zero-order valence-electron chi connectivity index (χ0n) is 7.20. The quantitative estimate of drug-likeness (QED) is 0.687. The molecule has 1 aromatic heterocycles. The Labute approximate surface area is 74.4 Å². The number of aliphatic carboxylic acids is 1. The molecule has 0 unspecified atom stereocenters. The van der Waals surface area contributed by atoms with Gasteiger partial charge in [-0.05, 0) is 6.42 Å². The summed E-state index contributed by atoms with van der Waals surface area (Å²) < 4.78 is 0. The second kappa shape index (κ2) is 3.84. The lowest BCUT2D eigenvalue weighted by molar-refractivity contribution is -0.136. The van der Waals surface area contributed by atoms with Gasteiger partial charge in [0.05, 0.1) is 0 Å². The van der Waals surface area contributed by atoms with Crippen molar-refractivity contribution in [2.24, 2.45) is 0 Å². The molecule has 1 rings (SSSR count). The minimum Gasteiger partial charge on any atom is -0.481 e. The van der Waals surface area contributed by atoms with Crippen LogP contribution in [-0.4, -0.2) is 21.0 Å². The fourth-order valence-electron chi connectivity index (χ4n) is 0.943.